The SMILES string of the molecule is Cc1cccnc1C1CCCC(c2cn3c(N4CCN(C)C(=O)C4)cccc3n2)N1.Cc1cccnc1[C@@H]1CCCC(c2nc3ccccn3c2-c2ccccn2)N1. The van der Waals surface area contributed by atoms with E-state index in [0.717, 1.165) is 103 Å². The Hall–Kier alpha value is -5.98. The maximum absolute atomic E-state index is 12.2. The first kappa shape index (κ1) is 37.6. The number of pyridine rings is 5. The van der Waals surface area contributed by atoms with Gasteiger partial charge in [0.05, 0.1) is 64.9 Å². The van der Waals surface area contributed by atoms with Crippen LogP contribution in [0.1, 0.15) is 96.6 Å². The van der Waals surface area contributed by atoms with Crippen molar-refractivity contribution < 1.29 is 4.79 Å². The zero-order chi connectivity index (χ0) is 39.6. The normalized spacial score (nSPS) is 21.3. The number of carbonyl (C=O) groups is 1. The number of nitrogens with one attached hydrogen (secondary N) is 2. The molecule has 10 rings (SSSR count). The minimum Gasteiger partial charge on any atom is -0.347 e. The van der Waals surface area contributed by atoms with Crippen LogP contribution in [0.4, 0.5) is 5.82 Å². The molecule has 3 aliphatic heterocycles. The molecule has 7 aromatic rings. The van der Waals surface area contributed by atoms with Gasteiger partial charge in [0.1, 0.15) is 17.1 Å². The number of fused-ring (bicyclic) bond motifs is 2. The third kappa shape index (κ3) is 7.57. The van der Waals surface area contributed by atoms with Crippen LogP contribution in [0.5, 0.6) is 0 Å². The molecule has 296 valence electrons. The van der Waals surface area contributed by atoms with Crippen LogP contribution in [-0.4, -0.2) is 71.2 Å². The molecule has 0 bridgehead atoms. The van der Waals surface area contributed by atoms with E-state index in [2.05, 4.69) is 95.9 Å². The highest BCUT2D eigenvalue weighted by molar-refractivity contribution is 5.82. The highest BCUT2D eigenvalue weighted by atomic mass is 16.2. The van der Waals surface area contributed by atoms with E-state index in [9.17, 15) is 4.79 Å². The minimum absolute atomic E-state index is 0.154. The number of anilines is 1. The average Bonchev–Trinajstić information content (AvgIpc) is 3.89. The average molecular weight is 774 g/mol. The van der Waals surface area contributed by atoms with Crippen molar-refractivity contribution in [1.29, 1.82) is 0 Å². The molecule has 0 saturated carbocycles. The number of hydrogen-bond donors (Lipinski definition) is 2. The van der Waals surface area contributed by atoms with E-state index in [1.165, 1.54) is 11.1 Å². The van der Waals surface area contributed by atoms with Crippen molar-refractivity contribution in [2.75, 3.05) is 31.6 Å². The Bertz CT molecular complexity index is 2530. The molecule has 10 heterocycles. The Labute approximate surface area is 339 Å². The van der Waals surface area contributed by atoms with Crippen molar-refractivity contribution in [2.24, 2.45) is 0 Å². The van der Waals surface area contributed by atoms with Crippen molar-refractivity contribution in [2.45, 2.75) is 76.5 Å². The number of amides is 1. The Kier molecular flexibility index (Phi) is 10.7. The molecule has 12 nitrogen and oxygen atoms in total. The number of hydrogen-bond acceptors (Lipinski definition) is 9. The molecule has 0 radical (unpaired) electrons. The largest absolute Gasteiger partial charge is 0.347 e. The summed E-state index contributed by atoms with van der Waals surface area (Å²) >= 11 is 0. The molecule has 0 spiro atoms. The molecule has 7 aromatic heterocycles. The first-order valence-electron chi connectivity index (χ1n) is 20.6. The second kappa shape index (κ2) is 16.5. The van der Waals surface area contributed by atoms with Crippen LogP contribution >= 0.6 is 0 Å². The van der Waals surface area contributed by atoms with Gasteiger partial charge in [-0.25, -0.2) is 9.97 Å². The Morgan fingerprint density at radius 3 is 1.95 bits per heavy atom. The lowest BCUT2D eigenvalue weighted by atomic mass is 9.92. The number of likely N-dealkylation sites (N-methyl/N-ethyl adjacent to an activating group) is 1. The third-order valence-electron chi connectivity index (χ3n) is 12.0. The van der Waals surface area contributed by atoms with E-state index in [1.807, 2.05) is 74.2 Å². The van der Waals surface area contributed by atoms with Gasteiger partial charge in [0.15, 0.2) is 0 Å². The third-order valence-corrected chi connectivity index (χ3v) is 12.0. The van der Waals surface area contributed by atoms with E-state index in [4.69, 9.17) is 9.97 Å². The highest BCUT2D eigenvalue weighted by Gasteiger charge is 2.31. The van der Waals surface area contributed by atoms with Crippen LogP contribution in [-0.2, 0) is 4.79 Å². The van der Waals surface area contributed by atoms with Crippen molar-refractivity contribution in [3.05, 3.63) is 144 Å². The molecule has 0 aliphatic carbocycles. The quantitative estimate of drug-likeness (QED) is 0.177. The van der Waals surface area contributed by atoms with Crippen LogP contribution in [0, 0.1) is 13.8 Å². The number of nitrogens with zero attached hydrogens (tertiary/aromatic N) is 9. The van der Waals surface area contributed by atoms with Gasteiger partial charge >= 0.3 is 0 Å². The second-order valence-electron chi connectivity index (χ2n) is 15.8. The van der Waals surface area contributed by atoms with Crippen molar-refractivity contribution in [3.8, 4) is 11.4 Å². The minimum atomic E-state index is 0.154. The number of aromatic nitrogens is 7. The van der Waals surface area contributed by atoms with Crippen LogP contribution in [0.15, 0.2) is 110 Å². The molecule has 58 heavy (non-hydrogen) atoms. The monoisotopic (exact) mass is 773 g/mol. The number of piperidine rings is 2. The predicted molar refractivity (Wildman–Crippen MR) is 226 cm³/mol. The van der Waals surface area contributed by atoms with Gasteiger partial charge in [0.25, 0.3) is 0 Å². The first-order chi connectivity index (χ1) is 28.4. The van der Waals surface area contributed by atoms with Crippen LogP contribution in [0.25, 0.3) is 22.7 Å². The van der Waals surface area contributed by atoms with Gasteiger partial charge in [0.2, 0.25) is 5.91 Å². The van der Waals surface area contributed by atoms with Crippen molar-refractivity contribution >= 4 is 23.0 Å². The summed E-state index contributed by atoms with van der Waals surface area (Å²) in [6.07, 6.45) is 16.4. The maximum Gasteiger partial charge on any atom is 0.241 e. The number of aryl methyl sites for hydroxylation is 2. The van der Waals surface area contributed by atoms with Gasteiger partial charge in [-0.05, 0) is 112 Å². The van der Waals surface area contributed by atoms with Gasteiger partial charge in [-0.2, -0.15) is 0 Å². The first-order valence-corrected chi connectivity index (χ1v) is 20.6. The molecule has 3 saturated heterocycles. The summed E-state index contributed by atoms with van der Waals surface area (Å²) < 4.78 is 4.28. The Balaban J connectivity index is 0.000000151. The summed E-state index contributed by atoms with van der Waals surface area (Å²) in [5.41, 5.74) is 10.8. The number of imidazole rings is 2. The van der Waals surface area contributed by atoms with Crippen LogP contribution in [0.3, 0.4) is 0 Å². The molecule has 3 unspecified atom stereocenters. The molecule has 2 N–H and O–H groups in total. The summed E-state index contributed by atoms with van der Waals surface area (Å²) in [5.74, 6) is 1.18. The molecular formula is C46H51N11O. The number of carbonyl (C=O) groups excluding carboxylic acids is 1. The zero-order valence-corrected chi connectivity index (χ0v) is 33.5. The molecule has 3 aliphatic rings. The van der Waals surface area contributed by atoms with E-state index < -0.39 is 0 Å². The molecule has 4 atom stereocenters. The van der Waals surface area contributed by atoms with Gasteiger partial charge in [-0.1, -0.05) is 30.3 Å². The summed E-state index contributed by atoms with van der Waals surface area (Å²) in [4.78, 5) is 40.0. The Morgan fingerprint density at radius 2 is 1.26 bits per heavy atom. The van der Waals surface area contributed by atoms with Crippen LogP contribution < -0.4 is 15.5 Å². The van der Waals surface area contributed by atoms with E-state index in [1.54, 1.807) is 4.90 Å². The van der Waals surface area contributed by atoms with Gasteiger partial charge in [0, 0.05) is 51.1 Å². The molecule has 0 aromatic carbocycles. The van der Waals surface area contributed by atoms with Crippen molar-refractivity contribution in [3.63, 3.8) is 0 Å². The van der Waals surface area contributed by atoms with Gasteiger partial charge < -0.3 is 20.4 Å². The molecule has 1 amide bonds. The van der Waals surface area contributed by atoms with Gasteiger partial charge in [-0.3, -0.25) is 28.5 Å². The fraction of sp³-hybridized carbons (Fsp3) is 0.348. The zero-order valence-electron chi connectivity index (χ0n) is 33.5. The molecule has 12 heteroatoms. The Morgan fingerprint density at radius 1 is 0.621 bits per heavy atom. The smallest absolute Gasteiger partial charge is 0.241 e. The number of rotatable bonds is 6. The lowest BCUT2D eigenvalue weighted by Crippen LogP contribution is -2.49. The highest BCUT2D eigenvalue weighted by Crippen LogP contribution is 2.37. The van der Waals surface area contributed by atoms with E-state index in [0.29, 0.717) is 6.54 Å². The summed E-state index contributed by atoms with van der Waals surface area (Å²) in [7, 11) is 1.87. The lowest BCUT2D eigenvalue weighted by molar-refractivity contribution is -0.129. The van der Waals surface area contributed by atoms with Crippen LogP contribution in [0.2, 0.25) is 0 Å². The molecular weight excluding hydrogens is 723 g/mol. The summed E-state index contributed by atoms with van der Waals surface area (Å²) in [5, 5.41) is 7.62. The lowest BCUT2D eigenvalue weighted by Gasteiger charge is -2.33. The number of piperazine rings is 1. The maximum atomic E-state index is 12.2. The topological polar surface area (TPSA) is 121 Å². The summed E-state index contributed by atoms with van der Waals surface area (Å²) in [6, 6.07) is 27.4. The fourth-order valence-corrected chi connectivity index (χ4v) is 8.89. The standard InChI is InChI=1S/C23H28N6O.C23H23N5/c1-16-6-5-11-24-23(16)18-8-3-7-17(25-18)19-14-29-20(26-19)9-4-10-21(29)28-13-12-27(2)22(30)15-28;1-16-8-7-14-25-21(16)17-10-6-11-18(26-17)22-23(19-9-2-4-13-24-19)28-15-5-3-12-20(28)27-22/h4-6,9-11,14,17-18,25H,3,7-8,12-13,15H2,1-2H3;2-5,7-9,12-15,17-18,26H,6,10-11H2,1H3/t;17-,18?/m.0/s1. The predicted octanol–water partition coefficient (Wildman–Crippen LogP) is 7.53. The molecule has 3 fully saturated rings. The van der Waals surface area contributed by atoms with E-state index >= 15 is 0 Å². The van der Waals surface area contributed by atoms with Crippen molar-refractivity contribution in [1.82, 2.24) is 49.3 Å². The second-order valence-corrected chi connectivity index (χ2v) is 15.8. The summed E-state index contributed by atoms with van der Waals surface area (Å²) in [6.45, 7) is 6.25. The van der Waals surface area contributed by atoms with E-state index in [-0.39, 0.29) is 30.1 Å². The van der Waals surface area contributed by atoms with Gasteiger partial charge in [-0.15, -0.1) is 0 Å². The fourth-order valence-electron chi connectivity index (χ4n) is 8.89.